The highest BCUT2D eigenvalue weighted by Crippen LogP contribution is 1.98. The molecule has 0 spiro atoms. The normalized spacial score (nSPS) is 9.20. The van der Waals surface area contributed by atoms with E-state index < -0.39 is 5.91 Å². The van der Waals surface area contributed by atoms with Crippen molar-refractivity contribution in [3.8, 4) is 0 Å². The first-order valence-corrected chi connectivity index (χ1v) is 2.67. The van der Waals surface area contributed by atoms with Crippen molar-refractivity contribution in [2.24, 2.45) is 5.73 Å². The molecule has 1 amide bonds. The molecule has 0 fully saturated rings. The van der Waals surface area contributed by atoms with Crippen LogP contribution in [0.4, 0.5) is 0 Å². The molecule has 4 nitrogen and oxygen atoms in total. The van der Waals surface area contributed by atoms with Crippen molar-refractivity contribution in [1.29, 1.82) is 0 Å². The lowest BCUT2D eigenvalue weighted by atomic mass is 10.3. The molecule has 1 aromatic heterocycles. The van der Waals surface area contributed by atoms with Gasteiger partial charge in [-0.2, -0.15) is 0 Å². The average molecular weight is 138 g/mol. The number of carbonyl (C=O) groups excluding carboxylic acids is 2. The number of carbonyl (C=O) groups is 2. The highest BCUT2D eigenvalue weighted by Gasteiger charge is 2.01. The first-order chi connectivity index (χ1) is 4.74. The number of hydrogen-bond acceptors (Lipinski definition) is 2. The Balaban J connectivity index is 2.98. The van der Waals surface area contributed by atoms with Crippen LogP contribution < -0.4 is 5.73 Å². The molecular weight excluding hydrogens is 132 g/mol. The van der Waals surface area contributed by atoms with Crippen LogP contribution in [-0.2, 0) is 0 Å². The molecule has 0 saturated heterocycles. The molecular formula is C6H6N2O2. The van der Waals surface area contributed by atoms with E-state index in [1.54, 1.807) is 0 Å². The van der Waals surface area contributed by atoms with Crippen LogP contribution in [0.1, 0.15) is 20.8 Å². The molecule has 0 bridgehead atoms. The van der Waals surface area contributed by atoms with Crippen molar-refractivity contribution >= 4 is 12.2 Å². The van der Waals surface area contributed by atoms with Gasteiger partial charge < -0.3 is 10.7 Å². The number of nitrogens with two attached hydrogens (primary N) is 1. The fraction of sp³-hybridized carbons (Fsp3) is 0. The molecule has 0 unspecified atom stereocenters. The van der Waals surface area contributed by atoms with E-state index in [-0.39, 0.29) is 5.69 Å². The summed E-state index contributed by atoms with van der Waals surface area (Å²) in [6, 6.07) is 1.40. The molecule has 0 aliphatic carbocycles. The van der Waals surface area contributed by atoms with Crippen LogP contribution in [0.15, 0.2) is 12.3 Å². The number of hydrogen-bond donors (Lipinski definition) is 2. The molecule has 4 heteroatoms. The molecule has 0 radical (unpaired) electrons. The zero-order valence-electron chi connectivity index (χ0n) is 5.13. The Labute approximate surface area is 57.0 Å². The summed E-state index contributed by atoms with van der Waals surface area (Å²) < 4.78 is 0. The number of amides is 1. The molecule has 1 aromatic rings. The summed E-state index contributed by atoms with van der Waals surface area (Å²) in [5, 5.41) is 0. The Kier molecular flexibility index (Phi) is 1.53. The lowest BCUT2D eigenvalue weighted by Gasteiger charge is -1.82. The third-order valence-corrected chi connectivity index (χ3v) is 1.11. The molecule has 3 N–H and O–H groups in total. The zero-order chi connectivity index (χ0) is 7.56. The zero-order valence-corrected chi connectivity index (χ0v) is 5.13. The first-order valence-electron chi connectivity index (χ1n) is 2.67. The summed E-state index contributed by atoms with van der Waals surface area (Å²) in [4.78, 5) is 23.0. The molecule has 0 aromatic carbocycles. The first kappa shape index (κ1) is 6.54. The number of primary amides is 1. The monoisotopic (exact) mass is 138 g/mol. The minimum atomic E-state index is -0.562. The second-order valence-electron chi connectivity index (χ2n) is 1.83. The standard InChI is InChI=1S/C6H6N2O2/c7-6(10)5-1-4(3-9)2-8-5/h1-3,8H,(H2,7,10). The Morgan fingerprint density at radius 2 is 2.40 bits per heavy atom. The topological polar surface area (TPSA) is 76.0 Å². The molecule has 10 heavy (non-hydrogen) atoms. The third-order valence-electron chi connectivity index (χ3n) is 1.11. The van der Waals surface area contributed by atoms with Gasteiger partial charge >= 0.3 is 0 Å². The second kappa shape index (κ2) is 2.34. The van der Waals surface area contributed by atoms with E-state index in [4.69, 9.17) is 5.73 Å². The van der Waals surface area contributed by atoms with Crippen LogP contribution in [0.25, 0.3) is 0 Å². The van der Waals surface area contributed by atoms with Gasteiger partial charge in [-0.15, -0.1) is 0 Å². The quantitative estimate of drug-likeness (QED) is 0.561. The Bertz CT molecular complexity index is 264. The highest BCUT2D eigenvalue weighted by molar-refractivity contribution is 5.92. The smallest absolute Gasteiger partial charge is 0.265 e. The molecule has 0 saturated carbocycles. The average Bonchev–Trinajstić information content (AvgIpc) is 2.34. The maximum Gasteiger partial charge on any atom is 0.265 e. The van der Waals surface area contributed by atoms with Gasteiger partial charge in [0.05, 0.1) is 0 Å². The van der Waals surface area contributed by atoms with E-state index in [1.807, 2.05) is 0 Å². The molecule has 1 heterocycles. The Morgan fingerprint density at radius 1 is 1.70 bits per heavy atom. The molecule has 0 atom stereocenters. The summed E-state index contributed by atoms with van der Waals surface area (Å²) in [5.41, 5.74) is 5.57. The van der Waals surface area contributed by atoms with Crippen LogP contribution in [0.2, 0.25) is 0 Å². The van der Waals surface area contributed by atoms with E-state index in [0.717, 1.165) is 0 Å². The maximum absolute atomic E-state index is 10.4. The summed E-state index contributed by atoms with van der Waals surface area (Å²) in [6.45, 7) is 0. The van der Waals surface area contributed by atoms with E-state index in [9.17, 15) is 9.59 Å². The van der Waals surface area contributed by atoms with Crippen LogP contribution in [0, 0.1) is 0 Å². The summed E-state index contributed by atoms with van der Waals surface area (Å²) in [5.74, 6) is -0.562. The largest absolute Gasteiger partial charge is 0.364 e. The number of H-pyrrole nitrogens is 1. The molecule has 0 aliphatic rings. The van der Waals surface area contributed by atoms with Gasteiger partial charge in [-0.05, 0) is 6.07 Å². The van der Waals surface area contributed by atoms with Crippen LogP contribution in [0.3, 0.4) is 0 Å². The highest BCUT2D eigenvalue weighted by atomic mass is 16.1. The van der Waals surface area contributed by atoms with Gasteiger partial charge in [0, 0.05) is 11.8 Å². The van der Waals surface area contributed by atoms with Gasteiger partial charge in [0.25, 0.3) is 5.91 Å². The van der Waals surface area contributed by atoms with Gasteiger partial charge in [-0.25, -0.2) is 0 Å². The number of nitrogens with one attached hydrogen (secondary N) is 1. The fourth-order valence-corrected chi connectivity index (χ4v) is 0.621. The number of rotatable bonds is 2. The maximum atomic E-state index is 10.4. The van der Waals surface area contributed by atoms with Crippen LogP contribution >= 0.6 is 0 Å². The number of aromatic amines is 1. The van der Waals surface area contributed by atoms with Gasteiger partial charge in [0.1, 0.15) is 5.69 Å². The lowest BCUT2D eigenvalue weighted by molar-refractivity contribution is 0.0996. The minimum absolute atomic E-state index is 0.252. The van der Waals surface area contributed by atoms with Crippen molar-refractivity contribution in [3.63, 3.8) is 0 Å². The Hall–Kier alpha value is -1.58. The van der Waals surface area contributed by atoms with Crippen molar-refractivity contribution in [2.45, 2.75) is 0 Å². The van der Waals surface area contributed by atoms with E-state index >= 15 is 0 Å². The van der Waals surface area contributed by atoms with Crippen LogP contribution in [0.5, 0.6) is 0 Å². The Morgan fingerprint density at radius 3 is 2.70 bits per heavy atom. The van der Waals surface area contributed by atoms with Crippen molar-refractivity contribution in [3.05, 3.63) is 23.5 Å². The number of aldehydes is 1. The van der Waals surface area contributed by atoms with E-state index in [2.05, 4.69) is 4.98 Å². The SMILES string of the molecule is NC(=O)c1cc(C=O)c[nH]1. The minimum Gasteiger partial charge on any atom is -0.364 e. The predicted molar refractivity (Wildman–Crippen MR) is 34.7 cm³/mol. The predicted octanol–water partition coefficient (Wildman–Crippen LogP) is -0.0739. The third kappa shape index (κ3) is 1.05. The van der Waals surface area contributed by atoms with E-state index in [0.29, 0.717) is 11.8 Å². The van der Waals surface area contributed by atoms with E-state index in [1.165, 1.54) is 12.3 Å². The van der Waals surface area contributed by atoms with Crippen molar-refractivity contribution in [2.75, 3.05) is 0 Å². The fourth-order valence-electron chi connectivity index (χ4n) is 0.621. The van der Waals surface area contributed by atoms with Gasteiger partial charge in [0.2, 0.25) is 0 Å². The molecule has 52 valence electrons. The van der Waals surface area contributed by atoms with Gasteiger partial charge in [-0.1, -0.05) is 0 Å². The van der Waals surface area contributed by atoms with Gasteiger partial charge in [-0.3, -0.25) is 9.59 Å². The van der Waals surface area contributed by atoms with Gasteiger partial charge in [0.15, 0.2) is 6.29 Å². The summed E-state index contributed by atoms with van der Waals surface area (Å²) in [6.07, 6.45) is 2.07. The molecule has 1 rings (SSSR count). The van der Waals surface area contributed by atoms with Crippen molar-refractivity contribution in [1.82, 2.24) is 4.98 Å². The van der Waals surface area contributed by atoms with Crippen LogP contribution in [-0.4, -0.2) is 17.2 Å². The van der Waals surface area contributed by atoms with Crippen molar-refractivity contribution < 1.29 is 9.59 Å². The summed E-state index contributed by atoms with van der Waals surface area (Å²) in [7, 11) is 0. The summed E-state index contributed by atoms with van der Waals surface area (Å²) >= 11 is 0. The number of aromatic nitrogens is 1. The molecule has 0 aliphatic heterocycles. The lowest BCUT2D eigenvalue weighted by Crippen LogP contribution is -2.10. The second-order valence-corrected chi connectivity index (χ2v) is 1.83.